The molecule has 0 aliphatic carbocycles. The van der Waals surface area contributed by atoms with Crippen LogP contribution in [0.3, 0.4) is 0 Å². The predicted molar refractivity (Wildman–Crippen MR) is 87.0 cm³/mol. The molecule has 1 fully saturated rings. The van der Waals surface area contributed by atoms with Gasteiger partial charge in [0.1, 0.15) is 12.4 Å². The Hall–Kier alpha value is -3.23. The number of rotatable bonds is 5. The number of aryl methyl sites for hydroxylation is 1. The Balaban J connectivity index is 1.88. The molecule has 1 aromatic heterocycles. The first-order chi connectivity index (χ1) is 12.0. The summed E-state index contributed by atoms with van der Waals surface area (Å²) < 4.78 is 5.04. The van der Waals surface area contributed by atoms with Gasteiger partial charge >= 0.3 is 0 Å². The first kappa shape index (κ1) is 16.6. The molecule has 1 aromatic carbocycles. The van der Waals surface area contributed by atoms with E-state index < -0.39 is 10.8 Å². The highest BCUT2D eigenvalue weighted by Gasteiger charge is 2.28. The molecule has 9 nitrogen and oxygen atoms in total. The molecule has 9 heteroatoms. The Labute approximate surface area is 142 Å². The van der Waals surface area contributed by atoms with Crippen LogP contribution in [0.5, 0.6) is 0 Å². The van der Waals surface area contributed by atoms with Gasteiger partial charge in [-0.1, -0.05) is 5.16 Å². The Kier molecular flexibility index (Phi) is 4.46. The maximum atomic E-state index is 12.9. The van der Waals surface area contributed by atoms with Crippen LogP contribution in [0.15, 0.2) is 34.9 Å². The van der Waals surface area contributed by atoms with Gasteiger partial charge in [-0.25, -0.2) is 0 Å². The predicted octanol–water partition coefficient (Wildman–Crippen LogP) is 2.12. The Morgan fingerprint density at radius 3 is 2.64 bits per heavy atom. The van der Waals surface area contributed by atoms with E-state index >= 15 is 0 Å². The first-order valence-electron chi connectivity index (χ1n) is 7.73. The lowest BCUT2D eigenvalue weighted by atomic mass is 10.2. The standard InChI is InChI=1S/C16H16N4O5/c1-11-9-14(17-25-11)19(10-18-8-2-3-15(18)21)16(22)12-4-6-13(7-5-12)20(23)24/h4-7,9H,2-3,8,10H2,1H3. The summed E-state index contributed by atoms with van der Waals surface area (Å²) in [7, 11) is 0. The van der Waals surface area contributed by atoms with Crippen molar-refractivity contribution >= 4 is 23.3 Å². The number of likely N-dealkylation sites (tertiary alicyclic amines) is 1. The normalized spacial score (nSPS) is 14.0. The fourth-order valence-electron chi connectivity index (χ4n) is 2.63. The molecule has 0 saturated carbocycles. The maximum Gasteiger partial charge on any atom is 0.269 e. The van der Waals surface area contributed by atoms with Crippen molar-refractivity contribution in [3.63, 3.8) is 0 Å². The molecule has 0 spiro atoms. The van der Waals surface area contributed by atoms with Crippen LogP contribution in [-0.4, -0.2) is 40.0 Å². The minimum atomic E-state index is -0.532. The lowest BCUT2D eigenvalue weighted by molar-refractivity contribution is -0.384. The van der Waals surface area contributed by atoms with Crippen molar-refractivity contribution in [2.45, 2.75) is 19.8 Å². The lowest BCUT2D eigenvalue weighted by Gasteiger charge is -2.25. The molecular formula is C16H16N4O5. The molecule has 0 N–H and O–H groups in total. The highest BCUT2D eigenvalue weighted by Crippen LogP contribution is 2.21. The number of nitro benzene ring substituents is 1. The number of anilines is 1. The average molecular weight is 344 g/mol. The van der Waals surface area contributed by atoms with E-state index in [-0.39, 0.29) is 23.8 Å². The monoisotopic (exact) mass is 344 g/mol. The van der Waals surface area contributed by atoms with E-state index in [1.165, 1.54) is 29.2 Å². The molecule has 2 amide bonds. The van der Waals surface area contributed by atoms with Crippen LogP contribution in [0, 0.1) is 17.0 Å². The smallest absolute Gasteiger partial charge is 0.269 e. The Morgan fingerprint density at radius 2 is 2.12 bits per heavy atom. The van der Waals surface area contributed by atoms with Crippen molar-refractivity contribution in [1.82, 2.24) is 10.1 Å². The molecule has 1 aliphatic rings. The molecule has 1 saturated heterocycles. The summed E-state index contributed by atoms with van der Waals surface area (Å²) >= 11 is 0. The van der Waals surface area contributed by atoms with E-state index in [1.54, 1.807) is 17.9 Å². The molecule has 2 aromatic rings. The van der Waals surface area contributed by atoms with E-state index in [0.29, 0.717) is 24.5 Å². The maximum absolute atomic E-state index is 12.9. The topological polar surface area (TPSA) is 110 Å². The number of nitro groups is 1. The number of aromatic nitrogens is 1. The zero-order chi connectivity index (χ0) is 18.0. The summed E-state index contributed by atoms with van der Waals surface area (Å²) in [6.07, 6.45) is 1.20. The van der Waals surface area contributed by atoms with Crippen LogP contribution in [0.1, 0.15) is 29.0 Å². The largest absolute Gasteiger partial charge is 0.360 e. The second-order valence-corrected chi connectivity index (χ2v) is 5.74. The highest BCUT2D eigenvalue weighted by molar-refractivity contribution is 6.05. The molecule has 0 radical (unpaired) electrons. The number of carbonyl (C=O) groups is 2. The van der Waals surface area contributed by atoms with Crippen molar-refractivity contribution in [2.75, 3.05) is 18.1 Å². The molecule has 2 heterocycles. The molecule has 1 aliphatic heterocycles. The number of benzene rings is 1. The summed E-state index contributed by atoms with van der Waals surface area (Å²) in [6, 6.07) is 6.89. The van der Waals surface area contributed by atoms with E-state index in [9.17, 15) is 19.7 Å². The van der Waals surface area contributed by atoms with Crippen LogP contribution in [0.2, 0.25) is 0 Å². The third-order valence-corrected chi connectivity index (χ3v) is 3.95. The van der Waals surface area contributed by atoms with Crippen LogP contribution in [0.4, 0.5) is 11.5 Å². The first-order valence-corrected chi connectivity index (χ1v) is 7.73. The van der Waals surface area contributed by atoms with Gasteiger partial charge < -0.3 is 9.42 Å². The van der Waals surface area contributed by atoms with Gasteiger partial charge in [0.15, 0.2) is 5.82 Å². The Bertz CT molecular complexity index is 814. The van der Waals surface area contributed by atoms with Crippen molar-refractivity contribution in [2.24, 2.45) is 0 Å². The average Bonchev–Trinajstić information content (AvgIpc) is 3.20. The van der Waals surface area contributed by atoms with Gasteiger partial charge in [0.05, 0.1) is 4.92 Å². The third kappa shape index (κ3) is 3.49. The highest BCUT2D eigenvalue weighted by atomic mass is 16.6. The Morgan fingerprint density at radius 1 is 1.40 bits per heavy atom. The molecule has 0 atom stereocenters. The van der Waals surface area contributed by atoms with Gasteiger partial charge in [-0.3, -0.25) is 24.6 Å². The summed E-state index contributed by atoms with van der Waals surface area (Å²) in [6.45, 7) is 2.33. The number of carbonyl (C=O) groups excluding carboxylic acids is 2. The van der Waals surface area contributed by atoms with Crippen molar-refractivity contribution in [3.8, 4) is 0 Å². The fourth-order valence-corrected chi connectivity index (χ4v) is 2.63. The second kappa shape index (κ2) is 6.71. The molecule has 25 heavy (non-hydrogen) atoms. The van der Waals surface area contributed by atoms with Gasteiger partial charge in [0, 0.05) is 36.7 Å². The van der Waals surface area contributed by atoms with Gasteiger partial charge in [-0.15, -0.1) is 0 Å². The fraction of sp³-hybridized carbons (Fsp3) is 0.312. The van der Waals surface area contributed by atoms with Gasteiger partial charge in [0.2, 0.25) is 5.91 Å². The SMILES string of the molecule is Cc1cc(N(CN2CCCC2=O)C(=O)c2ccc([N+](=O)[O-])cc2)no1. The number of amides is 2. The molecule has 130 valence electrons. The van der Waals surface area contributed by atoms with Gasteiger partial charge in [-0.2, -0.15) is 0 Å². The van der Waals surface area contributed by atoms with Gasteiger partial charge in [0.25, 0.3) is 11.6 Å². The number of hydrogen-bond acceptors (Lipinski definition) is 6. The minimum absolute atomic E-state index is 0.0262. The van der Waals surface area contributed by atoms with E-state index in [4.69, 9.17) is 4.52 Å². The van der Waals surface area contributed by atoms with Crippen LogP contribution < -0.4 is 4.90 Å². The van der Waals surface area contributed by atoms with Crippen LogP contribution in [-0.2, 0) is 4.79 Å². The lowest BCUT2D eigenvalue weighted by Crippen LogP contribution is -2.42. The number of nitrogens with zero attached hydrogens (tertiary/aromatic N) is 4. The van der Waals surface area contributed by atoms with Gasteiger partial charge in [-0.05, 0) is 25.5 Å². The number of non-ortho nitro benzene ring substituents is 1. The van der Waals surface area contributed by atoms with Crippen LogP contribution in [0.25, 0.3) is 0 Å². The summed E-state index contributed by atoms with van der Waals surface area (Å²) in [5, 5.41) is 14.6. The van der Waals surface area contributed by atoms with Crippen molar-refractivity contribution < 1.29 is 19.0 Å². The van der Waals surface area contributed by atoms with Crippen molar-refractivity contribution in [3.05, 3.63) is 51.8 Å². The zero-order valence-electron chi connectivity index (χ0n) is 13.5. The molecule has 0 bridgehead atoms. The summed E-state index contributed by atoms with van der Waals surface area (Å²) in [5.41, 5.74) is 0.160. The quantitative estimate of drug-likeness (QED) is 0.607. The summed E-state index contributed by atoms with van der Waals surface area (Å²) in [4.78, 5) is 37.9. The van der Waals surface area contributed by atoms with E-state index in [0.717, 1.165) is 6.42 Å². The molecular weight excluding hydrogens is 328 g/mol. The van der Waals surface area contributed by atoms with Crippen molar-refractivity contribution in [1.29, 1.82) is 0 Å². The molecule has 3 rings (SSSR count). The minimum Gasteiger partial charge on any atom is -0.360 e. The third-order valence-electron chi connectivity index (χ3n) is 3.95. The van der Waals surface area contributed by atoms with E-state index in [2.05, 4.69) is 5.16 Å². The number of hydrogen-bond donors (Lipinski definition) is 0. The van der Waals surface area contributed by atoms with E-state index in [1.807, 2.05) is 0 Å². The summed E-state index contributed by atoms with van der Waals surface area (Å²) in [5.74, 6) is 0.384. The second-order valence-electron chi connectivity index (χ2n) is 5.74. The zero-order valence-corrected chi connectivity index (χ0v) is 13.5. The molecule has 0 unspecified atom stereocenters. The van der Waals surface area contributed by atoms with Crippen LogP contribution >= 0.6 is 0 Å².